The maximum Gasteiger partial charge on any atom is 0.416 e. The fourth-order valence-electron chi connectivity index (χ4n) is 1.49. The Bertz CT molecular complexity index is 413. The first-order valence-electron chi connectivity index (χ1n) is 5.28. The molecule has 0 heterocycles. The van der Waals surface area contributed by atoms with Crippen LogP contribution < -0.4 is 5.32 Å². The Balaban J connectivity index is 2.94. The van der Waals surface area contributed by atoms with E-state index in [0.29, 0.717) is 17.7 Å². The average molecular weight is 245 g/mol. The zero-order chi connectivity index (χ0) is 13.1. The van der Waals surface area contributed by atoms with E-state index in [1.54, 1.807) is 0 Å². The minimum Gasteiger partial charge on any atom is -0.310 e. The number of Topliss-reactive ketones (excluding diaryl/α,β-unsaturated/α-hetero) is 1. The number of aryl methyl sites for hydroxylation is 1. The first-order chi connectivity index (χ1) is 7.86. The van der Waals surface area contributed by atoms with Gasteiger partial charge in [0.25, 0.3) is 0 Å². The van der Waals surface area contributed by atoms with Crippen LogP contribution in [-0.2, 0) is 6.18 Å². The summed E-state index contributed by atoms with van der Waals surface area (Å²) in [5.74, 6) is -0.196. The highest BCUT2D eigenvalue weighted by Crippen LogP contribution is 2.30. The number of rotatable bonds is 4. The predicted octanol–water partition coefficient (Wildman–Crippen LogP) is 2.81. The quantitative estimate of drug-likeness (QED) is 0.826. The van der Waals surface area contributed by atoms with Crippen molar-refractivity contribution in [1.29, 1.82) is 0 Å². The lowest BCUT2D eigenvalue weighted by Gasteiger charge is -2.10. The van der Waals surface area contributed by atoms with Crippen LogP contribution in [0.15, 0.2) is 18.2 Å². The van der Waals surface area contributed by atoms with Crippen LogP contribution in [0.4, 0.5) is 13.2 Å². The average Bonchev–Trinajstić information content (AvgIpc) is 2.24. The molecule has 0 aliphatic rings. The van der Waals surface area contributed by atoms with Crippen LogP contribution in [0.1, 0.15) is 28.4 Å². The van der Waals surface area contributed by atoms with Crippen LogP contribution in [0.25, 0.3) is 0 Å². The monoisotopic (exact) mass is 245 g/mol. The SMILES string of the molecule is CCNCC(=O)c1ccc(C(F)(F)F)cc1C. The summed E-state index contributed by atoms with van der Waals surface area (Å²) in [7, 11) is 0. The summed E-state index contributed by atoms with van der Waals surface area (Å²) in [6.45, 7) is 4.15. The van der Waals surface area contributed by atoms with E-state index in [1.165, 1.54) is 13.0 Å². The number of nitrogens with one attached hydrogen (secondary N) is 1. The molecule has 1 aromatic carbocycles. The number of alkyl halides is 3. The molecule has 0 aliphatic heterocycles. The molecule has 0 saturated heterocycles. The molecule has 17 heavy (non-hydrogen) atoms. The maximum absolute atomic E-state index is 12.4. The van der Waals surface area contributed by atoms with Gasteiger partial charge in [-0.2, -0.15) is 13.2 Å². The number of carbonyl (C=O) groups excluding carboxylic acids is 1. The summed E-state index contributed by atoms with van der Waals surface area (Å²) < 4.78 is 37.2. The number of ketones is 1. The molecule has 94 valence electrons. The lowest BCUT2D eigenvalue weighted by Crippen LogP contribution is -2.23. The second kappa shape index (κ2) is 5.31. The fraction of sp³-hybridized carbons (Fsp3) is 0.417. The first-order valence-corrected chi connectivity index (χ1v) is 5.28. The van der Waals surface area contributed by atoms with E-state index in [1.807, 2.05) is 6.92 Å². The number of benzene rings is 1. The summed E-state index contributed by atoms with van der Waals surface area (Å²) in [5, 5.41) is 2.85. The topological polar surface area (TPSA) is 29.1 Å². The molecule has 0 saturated carbocycles. The van der Waals surface area contributed by atoms with Crippen molar-refractivity contribution in [2.75, 3.05) is 13.1 Å². The number of halogens is 3. The van der Waals surface area contributed by atoms with Gasteiger partial charge < -0.3 is 5.32 Å². The Hall–Kier alpha value is -1.36. The molecule has 0 radical (unpaired) electrons. The van der Waals surface area contributed by atoms with Crippen molar-refractivity contribution < 1.29 is 18.0 Å². The fourth-order valence-corrected chi connectivity index (χ4v) is 1.49. The van der Waals surface area contributed by atoms with Gasteiger partial charge in [-0.15, -0.1) is 0 Å². The molecule has 0 unspecified atom stereocenters. The van der Waals surface area contributed by atoms with E-state index >= 15 is 0 Å². The van der Waals surface area contributed by atoms with Gasteiger partial charge in [0.05, 0.1) is 12.1 Å². The van der Waals surface area contributed by atoms with Gasteiger partial charge >= 0.3 is 6.18 Å². The third-order valence-corrected chi connectivity index (χ3v) is 2.39. The van der Waals surface area contributed by atoms with Gasteiger partial charge in [0, 0.05) is 5.56 Å². The van der Waals surface area contributed by atoms with Crippen molar-refractivity contribution >= 4 is 5.78 Å². The summed E-state index contributed by atoms with van der Waals surface area (Å²) >= 11 is 0. The van der Waals surface area contributed by atoms with E-state index in [-0.39, 0.29) is 12.3 Å². The van der Waals surface area contributed by atoms with E-state index < -0.39 is 11.7 Å². The van der Waals surface area contributed by atoms with E-state index in [0.717, 1.165) is 12.1 Å². The van der Waals surface area contributed by atoms with Gasteiger partial charge in [0.1, 0.15) is 0 Å². The van der Waals surface area contributed by atoms with Gasteiger partial charge in [-0.3, -0.25) is 4.79 Å². The predicted molar refractivity (Wildman–Crippen MR) is 59.1 cm³/mol. The minimum absolute atomic E-state index is 0.142. The lowest BCUT2D eigenvalue weighted by atomic mass is 10.0. The van der Waals surface area contributed by atoms with Gasteiger partial charge in [0.2, 0.25) is 0 Å². The highest BCUT2D eigenvalue weighted by atomic mass is 19.4. The molecule has 5 heteroatoms. The zero-order valence-corrected chi connectivity index (χ0v) is 9.69. The normalized spacial score (nSPS) is 11.6. The van der Waals surface area contributed by atoms with Crippen LogP contribution in [0.2, 0.25) is 0 Å². The summed E-state index contributed by atoms with van der Waals surface area (Å²) in [5.41, 5.74) is -0.0447. The Labute approximate surface area is 97.8 Å². The maximum atomic E-state index is 12.4. The van der Waals surface area contributed by atoms with Crippen LogP contribution in [0.3, 0.4) is 0 Å². The van der Waals surface area contributed by atoms with Crippen molar-refractivity contribution in [2.24, 2.45) is 0 Å². The van der Waals surface area contributed by atoms with Crippen molar-refractivity contribution in [3.8, 4) is 0 Å². The largest absolute Gasteiger partial charge is 0.416 e. The lowest BCUT2D eigenvalue weighted by molar-refractivity contribution is -0.137. The van der Waals surface area contributed by atoms with Gasteiger partial charge in [-0.1, -0.05) is 13.0 Å². The summed E-state index contributed by atoms with van der Waals surface area (Å²) in [6, 6.07) is 3.17. The second-order valence-corrected chi connectivity index (χ2v) is 3.73. The number of carbonyl (C=O) groups is 1. The van der Waals surface area contributed by atoms with E-state index in [2.05, 4.69) is 5.32 Å². The molecule has 0 aliphatic carbocycles. The van der Waals surface area contributed by atoms with Crippen LogP contribution in [-0.4, -0.2) is 18.9 Å². The number of hydrogen-bond donors (Lipinski definition) is 1. The van der Waals surface area contributed by atoms with Gasteiger partial charge in [0.15, 0.2) is 5.78 Å². The molecule has 0 aromatic heterocycles. The molecule has 0 atom stereocenters. The van der Waals surface area contributed by atoms with Crippen LogP contribution in [0.5, 0.6) is 0 Å². The van der Waals surface area contributed by atoms with Crippen molar-refractivity contribution in [2.45, 2.75) is 20.0 Å². The van der Waals surface area contributed by atoms with Crippen LogP contribution in [0, 0.1) is 6.92 Å². The third kappa shape index (κ3) is 3.56. The van der Waals surface area contributed by atoms with Crippen LogP contribution >= 0.6 is 0 Å². The first kappa shape index (κ1) is 13.7. The number of hydrogen-bond acceptors (Lipinski definition) is 2. The van der Waals surface area contributed by atoms with Gasteiger partial charge in [-0.25, -0.2) is 0 Å². The molecular formula is C12H14F3NO. The molecule has 0 bridgehead atoms. The smallest absolute Gasteiger partial charge is 0.310 e. The van der Waals surface area contributed by atoms with Crippen molar-refractivity contribution in [3.63, 3.8) is 0 Å². The standard InChI is InChI=1S/C12H14F3NO/c1-3-16-7-11(17)10-5-4-9(6-8(10)2)12(13,14)15/h4-6,16H,3,7H2,1-2H3. The van der Waals surface area contributed by atoms with Crippen molar-refractivity contribution in [3.05, 3.63) is 34.9 Å². The molecule has 0 fully saturated rings. The highest BCUT2D eigenvalue weighted by molar-refractivity contribution is 5.98. The summed E-state index contributed by atoms with van der Waals surface area (Å²) in [6.07, 6.45) is -4.37. The molecule has 1 N–H and O–H groups in total. The Morgan fingerprint density at radius 3 is 2.47 bits per heavy atom. The third-order valence-electron chi connectivity index (χ3n) is 2.39. The van der Waals surface area contributed by atoms with Gasteiger partial charge in [-0.05, 0) is 31.2 Å². The minimum atomic E-state index is -4.37. The highest BCUT2D eigenvalue weighted by Gasteiger charge is 2.30. The second-order valence-electron chi connectivity index (χ2n) is 3.73. The molecule has 0 amide bonds. The molecule has 1 aromatic rings. The van der Waals surface area contributed by atoms with Crippen molar-refractivity contribution in [1.82, 2.24) is 5.32 Å². The molecule has 2 nitrogen and oxygen atoms in total. The Kier molecular flexibility index (Phi) is 4.28. The Morgan fingerprint density at radius 1 is 1.35 bits per heavy atom. The van der Waals surface area contributed by atoms with E-state index in [9.17, 15) is 18.0 Å². The summed E-state index contributed by atoms with van der Waals surface area (Å²) in [4.78, 5) is 11.6. The molecular weight excluding hydrogens is 231 g/mol. The van der Waals surface area contributed by atoms with E-state index in [4.69, 9.17) is 0 Å². The zero-order valence-electron chi connectivity index (χ0n) is 9.69. The number of likely N-dealkylation sites (N-methyl/N-ethyl adjacent to an activating group) is 1. The Morgan fingerprint density at radius 2 is 2.00 bits per heavy atom. The molecule has 0 spiro atoms. The molecule has 1 rings (SSSR count).